The molecule has 0 aliphatic rings. The van der Waals surface area contributed by atoms with Crippen molar-refractivity contribution in [1.82, 2.24) is 0 Å². The van der Waals surface area contributed by atoms with Gasteiger partial charge in [-0.15, -0.1) is 0 Å². The number of hydrogen-bond acceptors (Lipinski definition) is 7. The summed E-state index contributed by atoms with van der Waals surface area (Å²) in [6.45, 7) is 4.36. The van der Waals surface area contributed by atoms with E-state index in [0.717, 1.165) is 18.9 Å². The van der Waals surface area contributed by atoms with Gasteiger partial charge in [-0.3, -0.25) is 14.9 Å². The third-order valence-electron chi connectivity index (χ3n) is 4.13. The maximum Gasteiger partial charge on any atom is 0.338 e. The van der Waals surface area contributed by atoms with Crippen molar-refractivity contribution in [2.45, 2.75) is 26.7 Å². The second-order valence-electron chi connectivity index (χ2n) is 6.23. The Bertz CT molecular complexity index is 910. The van der Waals surface area contributed by atoms with Crippen LogP contribution in [0.15, 0.2) is 36.4 Å². The largest absolute Gasteiger partial charge is 0.493 e. The van der Waals surface area contributed by atoms with Crippen molar-refractivity contribution >= 4 is 23.3 Å². The van der Waals surface area contributed by atoms with Crippen LogP contribution in [0.3, 0.4) is 0 Å². The second-order valence-corrected chi connectivity index (χ2v) is 6.23. The molecule has 0 saturated carbocycles. The molecule has 2 rings (SSSR count). The van der Waals surface area contributed by atoms with Gasteiger partial charge in [0.15, 0.2) is 11.5 Å². The van der Waals surface area contributed by atoms with E-state index in [4.69, 9.17) is 14.2 Å². The van der Waals surface area contributed by atoms with Gasteiger partial charge in [0.1, 0.15) is 5.56 Å². The zero-order valence-corrected chi connectivity index (χ0v) is 17.1. The summed E-state index contributed by atoms with van der Waals surface area (Å²) in [4.78, 5) is 35.4. The van der Waals surface area contributed by atoms with E-state index >= 15 is 0 Å². The number of carbonyl (C=O) groups is 2. The Morgan fingerprint density at radius 2 is 1.80 bits per heavy atom. The van der Waals surface area contributed by atoms with Crippen LogP contribution in [-0.2, 0) is 4.74 Å². The molecule has 0 bridgehead atoms. The summed E-state index contributed by atoms with van der Waals surface area (Å²) in [5.74, 6) is -0.763. The average Bonchev–Trinajstić information content (AvgIpc) is 2.74. The maximum atomic E-state index is 12.7. The highest BCUT2D eigenvalue weighted by Crippen LogP contribution is 2.35. The number of carbonyl (C=O) groups excluding carboxylic acids is 2. The number of benzene rings is 2. The molecule has 0 saturated heterocycles. The Balaban J connectivity index is 2.20. The van der Waals surface area contributed by atoms with Crippen molar-refractivity contribution in [1.29, 1.82) is 0 Å². The Morgan fingerprint density at radius 3 is 2.37 bits per heavy atom. The molecule has 0 aromatic heterocycles. The van der Waals surface area contributed by atoms with Crippen LogP contribution in [0.2, 0.25) is 0 Å². The molecule has 0 aliphatic heterocycles. The number of nitrogens with zero attached hydrogens (tertiary/aromatic N) is 1. The van der Waals surface area contributed by atoms with E-state index in [9.17, 15) is 19.7 Å². The molecule has 2 aromatic carbocycles. The molecule has 0 unspecified atom stereocenters. The quantitative estimate of drug-likeness (QED) is 0.267. The van der Waals surface area contributed by atoms with Crippen molar-refractivity contribution in [2.24, 2.45) is 0 Å². The molecule has 2 aromatic rings. The van der Waals surface area contributed by atoms with Gasteiger partial charge in [0.2, 0.25) is 0 Å². The van der Waals surface area contributed by atoms with Gasteiger partial charge in [0.05, 0.1) is 36.9 Å². The molecule has 1 N–H and O–H groups in total. The van der Waals surface area contributed by atoms with Crippen molar-refractivity contribution in [3.63, 3.8) is 0 Å². The third kappa shape index (κ3) is 5.69. The zero-order valence-electron chi connectivity index (χ0n) is 17.1. The van der Waals surface area contributed by atoms with Gasteiger partial charge in [0.25, 0.3) is 11.6 Å². The summed E-state index contributed by atoms with van der Waals surface area (Å²) >= 11 is 0. The van der Waals surface area contributed by atoms with Crippen molar-refractivity contribution in [3.8, 4) is 11.5 Å². The molecule has 1 amide bonds. The van der Waals surface area contributed by atoms with Crippen LogP contribution >= 0.6 is 0 Å². The number of amides is 1. The number of ether oxygens (including phenoxy) is 3. The molecule has 0 spiro atoms. The first-order chi connectivity index (χ1) is 14.4. The van der Waals surface area contributed by atoms with Crippen LogP contribution in [0.25, 0.3) is 0 Å². The minimum Gasteiger partial charge on any atom is -0.493 e. The van der Waals surface area contributed by atoms with Gasteiger partial charge in [-0.25, -0.2) is 4.79 Å². The Hall–Kier alpha value is -3.62. The summed E-state index contributed by atoms with van der Waals surface area (Å²) in [6, 6.07) is 8.48. The monoisotopic (exact) mass is 416 g/mol. The highest BCUT2D eigenvalue weighted by atomic mass is 16.6. The summed E-state index contributed by atoms with van der Waals surface area (Å²) in [5.41, 5.74) is 0.126. The second kappa shape index (κ2) is 10.8. The topological polar surface area (TPSA) is 117 Å². The lowest BCUT2D eigenvalue weighted by atomic mass is 10.1. The molecule has 0 atom stereocenters. The normalized spacial score (nSPS) is 10.2. The molecule has 0 radical (unpaired) electrons. The summed E-state index contributed by atoms with van der Waals surface area (Å²) < 4.78 is 15.6. The van der Waals surface area contributed by atoms with Crippen LogP contribution in [-0.4, -0.2) is 37.1 Å². The fourth-order valence-corrected chi connectivity index (χ4v) is 2.59. The Kier molecular flexibility index (Phi) is 8.16. The van der Waals surface area contributed by atoms with Crippen molar-refractivity contribution in [2.75, 3.05) is 25.6 Å². The summed E-state index contributed by atoms with van der Waals surface area (Å²) in [7, 11) is 1.38. The molecular formula is C21H24N2O7. The van der Waals surface area contributed by atoms with E-state index in [-0.39, 0.29) is 23.7 Å². The fraction of sp³-hybridized carbons (Fsp3) is 0.333. The highest BCUT2D eigenvalue weighted by Gasteiger charge is 2.25. The van der Waals surface area contributed by atoms with Gasteiger partial charge in [-0.05, 0) is 37.6 Å². The Morgan fingerprint density at radius 1 is 1.10 bits per heavy atom. The molecule has 0 aliphatic carbocycles. The number of nitro groups is 1. The number of nitro benzene ring substituents is 1. The lowest BCUT2D eigenvalue weighted by molar-refractivity contribution is -0.385. The van der Waals surface area contributed by atoms with E-state index in [2.05, 4.69) is 5.32 Å². The first-order valence-electron chi connectivity index (χ1n) is 9.49. The molecule has 30 heavy (non-hydrogen) atoms. The lowest BCUT2D eigenvalue weighted by Gasteiger charge is -2.12. The van der Waals surface area contributed by atoms with Crippen molar-refractivity contribution < 1.29 is 28.7 Å². The summed E-state index contributed by atoms with van der Waals surface area (Å²) in [5, 5.41) is 14.0. The predicted molar refractivity (Wildman–Crippen MR) is 110 cm³/mol. The van der Waals surface area contributed by atoms with Crippen LogP contribution in [0.4, 0.5) is 11.4 Å². The highest BCUT2D eigenvalue weighted by molar-refractivity contribution is 6.07. The van der Waals surface area contributed by atoms with Crippen LogP contribution in [0, 0.1) is 10.1 Å². The number of nitrogens with one attached hydrogen (secondary N) is 1. The Labute approximate surface area is 174 Å². The molecule has 0 fully saturated rings. The number of anilines is 1. The predicted octanol–water partition coefficient (Wildman–Crippen LogP) is 4.21. The molecule has 0 heterocycles. The number of hydrogen-bond donors (Lipinski definition) is 1. The minimum atomic E-state index is -0.693. The average molecular weight is 416 g/mol. The molecule has 9 nitrogen and oxygen atoms in total. The van der Waals surface area contributed by atoms with E-state index in [1.54, 1.807) is 6.92 Å². The fourth-order valence-electron chi connectivity index (χ4n) is 2.59. The van der Waals surface area contributed by atoms with Gasteiger partial charge >= 0.3 is 5.97 Å². The van der Waals surface area contributed by atoms with E-state index in [1.807, 2.05) is 6.92 Å². The van der Waals surface area contributed by atoms with Gasteiger partial charge in [-0.2, -0.15) is 0 Å². The number of rotatable bonds is 10. The first-order valence-corrected chi connectivity index (χ1v) is 9.49. The molecule has 9 heteroatoms. The first kappa shape index (κ1) is 22.7. The van der Waals surface area contributed by atoms with E-state index < -0.39 is 22.5 Å². The smallest absolute Gasteiger partial charge is 0.338 e. The molecular weight excluding hydrogens is 392 g/mol. The van der Waals surface area contributed by atoms with Crippen LogP contribution in [0.1, 0.15) is 47.4 Å². The number of unbranched alkanes of at least 4 members (excludes halogenated alkanes) is 1. The number of esters is 1. The van der Waals surface area contributed by atoms with E-state index in [1.165, 1.54) is 37.4 Å². The van der Waals surface area contributed by atoms with E-state index in [0.29, 0.717) is 17.9 Å². The lowest BCUT2D eigenvalue weighted by Crippen LogP contribution is -2.15. The van der Waals surface area contributed by atoms with Crippen LogP contribution in [0.5, 0.6) is 11.5 Å². The van der Waals surface area contributed by atoms with Gasteiger partial charge < -0.3 is 19.5 Å². The number of methoxy groups -OCH3 is 1. The maximum absolute atomic E-state index is 12.7. The zero-order chi connectivity index (χ0) is 22.1. The van der Waals surface area contributed by atoms with Crippen LogP contribution < -0.4 is 14.8 Å². The minimum absolute atomic E-state index is 0.175. The van der Waals surface area contributed by atoms with Gasteiger partial charge in [0, 0.05) is 11.8 Å². The molecule has 160 valence electrons. The summed E-state index contributed by atoms with van der Waals surface area (Å²) in [6.07, 6.45) is 1.70. The van der Waals surface area contributed by atoms with Crippen molar-refractivity contribution in [3.05, 3.63) is 57.6 Å². The standard InChI is InChI=1S/C21H24N2O7/c1-4-6-11-30-21(25)14-7-9-15(10-8-14)22-20(24)16-12-18(28-3)19(29-5-2)13-17(16)23(26)27/h7-10,12-13H,4-6,11H2,1-3H3,(H,22,24). The third-order valence-corrected chi connectivity index (χ3v) is 4.13. The van der Waals surface area contributed by atoms with Gasteiger partial charge in [-0.1, -0.05) is 13.3 Å². The SMILES string of the molecule is CCCCOC(=O)c1ccc(NC(=O)c2cc(OC)c(OCC)cc2[N+](=O)[O-])cc1.